The third-order valence-electron chi connectivity index (χ3n) is 4.69. The highest BCUT2D eigenvalue weighted by Crippen LogP contribution is 2.40. The molecule has 0 fully saturated rings. The average Bonchev–Trinajstić information content (AvgIpc) is 2.79. The Bertz CT molecular complexity index is 1130. The van der Waals surface area contributed by atoms with Gasteiger partial charge in [0.2, 0.25) is 11.8 Å². The molecule has 2 aromatic rings. The van der Waals surface area contributed by atoms with Crippen molar-refractivity contribution in [3.8, 4) is 6.07 Å². The second-order valence-electron chi connectivity index (χ2n) is 6.70. The fourth-order valence-corrected chi connectivity index (χ4v) is 4.28. The van der Waals surface area contributed by atoms with Crippen molar-refractivity contribution in [2.24, 2.45) is 5.92 Å². The Morgan fingerprint density at radius 1 is 1.28 bits per heavy atom. The molecule has 2 N–H and O–H groups in total. The second kappa shape index (κ2) is 10.3. The molecule has 0 saturated carbocycles. The van der Waals surface area contributed by atoms with Crippen molar-refractivity contribution in [2.75, 3.05) is 18.2 Å². The number of carbonyl (C=O) groups excluding carboxylic acids is 3. The summed E-state index contributed by atoms with van der Waals surface area (Å²) in [6.07, 6.45) is 0. The molecule has 0 bridgehead atoms. The lowest BCUT2D eigenvalue weighted by atomic mass is 9.78. The maximum absolute atomic E-state index is 13.3. The third kappa shape index (κ3) is 5.10. The number of thioether (sulfide) groups is 1. The summed E-state index contributed by atoms with van der Waals surface area (Å²) in [5.74, 6) is -4.71. The first-order valence-electron chi connectivity index (χ1n) is 9.31. The summed E-state index contributed by atoms with van der Waals surface area (Å²) in [6, 6.07) is 14.5. The number of allylic oxidation sites excluding steroid dienone is 1. The van der Waals surface area contributed by atoms with Gasteiger partial charge in [0.15, 0.2) is 0 Å². The van der Waals surface area contributed by atoms with E-state index in [0.717, 1.165) is 17.8 Å². The van der Waals surface area contributed by atoms with Gasteiger partial charge in [0.25, 0.3) is 0 Å². The van der Waals surface area contributed by atoms with Crippen LogP contribution in [-0.4, -0.2) is 30.6 Å². The molecule has 0 radical (unpaired) electrons. The molecule has 7 nitrogen and oxygen atoms in total. The predicted molar refractivity (Wildman–Crippen MR) is 118 cm³/mol. The van der Waals surface area contributed by atoms with Crippen LogP contribution >= 0.6 is 23.4 Å². The smallest absolute Gasteiger partial charge is 0.319 e. The SMILES string of the molecule is COC(=O)[C@H]1C(=O)NC(SCC(=O)Nc2ccc(F)c(Cl)c2)=C(C#N)[C@@H]1c1ccccc1. The third-order valence-corrected chi connectivity index (χ3v) is 6.00. The number of amides is 2. The van der Waals surface area contributed by atoms with Gasteiger partial charge in [0, 0.05) is 11.6 Å². The molecule has 1 aliphatic heterocycles. The molecular weight excluding hydrogens is 457 g/mol. The van der Waals surface area contributed by atoms with Gasteiger partial charge in [-0.05, 0) is 23.8 Å². The average molecular weight is 474 g/mol. The Morgan fingerprint density at radius 2 is 2.00 bits per heavy atom. The van der Waals surface area contributed by atoms with E-state index in [9.17, 15) is 24.0 Å². The van der Waals surface area contributed by atoms with Crippen LogP contribution in [0.1, 0.15) is 11.5 Å². The first-order valence-corrected chi connectivity index (χ1v) is 10.7. The topological polar surface area (TPSA) is 108 Å². The van der Waals surface area contributed by atoms with E-state index in [1.165, 1.54) is 19.2 Å². The highest BCUT2D eigenvalue weighted by Gasteiger charge is 2.44. The number of hydrogen-bond donors (Lipinski definition) is 2. The fourth-order valence-electron chi connectivity index (χ4n) is 3.25. The van der Waals surface area contributed by atoms with E-state index in [2.05, 4.69) is 16.7 Å². The molecule has 32 heavy (non-hydrogen) atoms. The van der Waals surface area contributed by atoms with Crippen LogP contribution in [0.15, 0.2) is 59.1 Å². The lowest BCUT2D eigenvalue weighted by molar-refractivity contribution is -0.150. The Labute approximate surface area is 192 Å². The molecular formula is C22H17ClFN3O4S. The minimum absolute atomic E-state index is 0.135. The van der Waals surface area contributed by atoms with Crippen LogP contribution in [0, 0.1) is 23.1 Å². The van der Waals surface area contributed by atoms with Crippen LogP contribution in [-0.2, 0) is 19.1 Å². The molecule has 1 aliphatic rings. The summed E-state index contributed by atoms with van der Waals surface area (Å²) in [5, 5.41) is 15.0. The number of benzene rings is 2. The molecule has 0 spiro atoms. The summed E-state index contributed by atoms with van der Waals surface area (Å²) < 4.78 is 18.1. The standard InChI is InChI=1S/C22H17ClFN3O4S/c1-31-22(30)19-18(12-5-3-2-4-6-12)14(10-25)21(27-20(19)29)32-11-17(28)26-13-7-8-16(24)15(23)9-13/h2-9,18-19H,11H2,1H3,(H,26,28)(H,27,29)/t18-,19+/m0/s1. The number of nitrogens with one attached hydrogen (secondary N) is 2. The highest BCUT2D eigenvalue weighted by atomic mass is 35.5. The molecule has 3 rings (SSSR count). The molecule has 10 heteroatoms. The zero-order valence-electron chi connectivity index (χ0n) is 16.7. The van der Waals surface area contributed by atoms with Gasteiger partial charge in [-0.3, -0.25) is 14.4 Å². The Kier molecular flexibility index (Phi) is 7.51. The fraction of sp³-hybridized carbons (Fsp3) is 0.182. The van der Waals surface area contributed by atoms with Gasteiger partial charge in [0.1, 0.15) is 11.7 Å². The Balaban J connectivity index is 1.85. The summed E-state index contributed by atoms with van der Waals surface area (Å²) in [4.78, 5) is 37.4. The largest absolute Gasteiger partial charge is 0.468 e. The Morgan fingerprint density at radius 3 is 2.62 bits per heavy atom. The number of methoxy groups -OCH3 is 1. The van der Waals surface area contributed by atoms with E-state index in [1.807, 2.05) is 0 Å². The van der Waals surface area contributed by atoms with Gasteiger partial charge in [-0.25, -0.2) is 4.39 Å². The molecule has 0 unspecified atom stereocenters. The quantitative estimate of drug-likeness (QED) is 0.490. The number of ether oxygens (including phenoxy) is 1. The van der Waals surface area contributed by atoms with Crippen molar-refractivity contribution in [3.63, 3.8) is 0 Å². The predicted octanol–water partition coefficient (Wildman–Crippen LogP) is 3.59. The summed E-state index contributed by atoms with van der Waals surface area (Å²) >= 11 is 6.66. The van der Waals surface area contributed by atoms with E-state index in [-0.39, 0.29) is 21.4 Å². The number of carbonyl (C=O) groups is 3. The maximum atomic E-state index is 13.3. The minimum atomic E-state index is -1.24. The van der Waals surface area contributed by atoms with Crippen molar-refractivity contribution in [2.45, 2.75) is 5.92 Å². The lowest BCUT2D eigenvalue weighted by Gasteiger charge is -2.30. The first-order chi connectivity index (χ1) is 15.3. The highest BCUT2D eigenvalue weighted by molar-refractivity contribution is 8.03. The van der Waals surface area contributed by atoms with Crippen LogP contribution in [0.2, 0.25) is 5.02 Å². The molecule has 0 aromatic heterocycles. The van der Waals surface area contributed by atoms with Gasteiger partial charge in [-0.1, -0.05) is 53.7 Å². The van der Waals surface area contributed by atoms with Crippen LogP contribution in [0.4, 0.5) is 10.1 Å². The van der Waals surface area contributed by atoms with Crippen molar-refractivity contribution in [1.29, 1.82) is 5.26 Å². The zero-order valence-corrected chi connectivity index (χ0v) is 18.3. The first kappa shape index (κ1) is 23.3. The second-order valence-corrected chi connectivity index (χ2v) is 8.09. The number of anilines is 1. The van der Waals surface area contributed by atoms with Crippen LogP contribution < -0.4 is 10.6 Å². The van der Waals surface area contributed by atoms with Gasteiger partial charge in [0.05, 0.1) is 34.6 Å². The van der Waals surface area contributed by atoms with E-state index < -0.39 is 35.4 Å². The van der Waals surface area contributed by atoms with E-state index >= 15 is 0 Å². The van der Waals surface area contributed by atoms with Crippen molar-refractivity contribution in [3.05, 3.63) is 75.5 Å². The molecule has 2 aromatic carbocycles. The van der Waals surface area contributed by atoms with Crippen molar-refractivity contribution in [1.82, 2.24) is 5.32 Å². The lowest BCUT2D eigenvalue weighted by Crippen LogP contribution is -2.44. The maximum Gasteiger partial charge on any atom is 0.319 e. The zero-order chi connectivity index (χ0) is 23.3. The normalized spacial score (nSPS) is 17.9. The van der Waals surface area contributed by atoms with Gasteiger partial charge in [-0.15, -0.1) is 0 Å². The molecule has 2 amide bonds. The summed E-state index contributed by atoms with van der Waals surface area (Å²) in [5.41, 5.74) is 1.05. The molecule has 0 aliphatic carbocycles. The number of rotatable bonds is 6. The Hall–Kier alpha value is -3.35. The van der Waals surface area contributed by atoms with Gasteiger partial charge >= 0.3 is 5.97 Å². The van der Waals surface area contributed by atoms with E-state index in [0.29, 0.717) is 11.3 Å². The van der Waals surface area contributed by atoms with Crippen molar-refractivity contribution < 1.29 is 23.5 Å². The van der Waals surface area contributed by atoms with E-state index in [4.69, 9.17) is 16.3 Å². The number of hydrogen-bond acceptors (Lipinski definition) is 6. The van der Waals surface area contributed by atoms with Crippen molar-refractivity contribution >= 4 is 46.8 Å². The molecule has 164 valence electrons. The summed E-state index contributed by atoms with van der Waals surface area (Å²) in [7, 11) is 1.17. The number of nitriles is 1. The summed E-state index contributed by atoms with van der Waals surface area (Å²) in [6.45, 7) is 0. The van der Waals surface area contributed by atoms with Crippen LogP contribution in [0.5, 0.6) is 0 Å². The van der Waals surface area contributed by atoms with E-state index in [1.54, 1.807) is 30.3 Å². The van der Waals surface area contributed by atoms with Gasteiger partial charge in [-0.2, -0.15) is 5.26 Å². The van der Waals surface area contributed by atoms with Crippen LogP contribution in [0.25, 0.3) is 0 Å². The molecule has 2 atom stereocenters. The number of nitrogens with zero attached hydrogens (tertiary/aromatic N) is 1. The van der Waals surface area contributed by atoms with Crippen LogP contribution in [0.3, 0.4) is 0 Å². The van der Waals surface area contributed by atoms with Gasteiger partial charge < -0.3 is 15.4 Å². The monoisotopic (exact) mass is 473 g/mol. The number of halogens is 2. The number of esters is 1. The minimum Gasteiger partial charge on any atom is -0.468 e. The molecule has 1 heterocycles. The molecule has 0 saturated heterocycles.